The summed E-state index contributed by atoms with van der Waals surface area (Å²) in [4.78, 5) is 3.92. The lowest BCUT2D eigenvalue weighted by atomic mass is 10.4. The molecule has 2 aromatic rings. The predicted molar refractivity (Wildman–Crippen MR) is 83.4 cm³/mol. The normalized spacial score (nSPS) is 12.0. The molecule has 0 bridgehead atoms. The molecule has 0 unspecified atom stereocenters. The molecular weight excluding hydrogens is 332 g/mol. The molecule has 2 aromatic heterocycles. The Balaban J connectivity index is 1.91. The van der Waals surface area contributed by atoms with Crippen molar-refractivity contribution in [1.29, 1.82) is 0 Å². The summed E-state index contributed by atoms with van der Waals surface area (Å²) in [6.07, 6.45) is 0.659. The quantitative estimate of drug-likeness (QED) is 0.812. The second-order valence-electron chi connectivity index (χ2n) is 4.74. The molecule has 0 saturated heterocycles. The smallest absolute Gasteiger partial charge is 0.251 e. The van der Waals surface area contributed by atoms with Crippen molar-refractivity contribution in [2.45, 2.75) is 37.9 Å². The van der Waals surface area contributed by atoms with Gasteiger partial charge in [0.2, 0.25) is 0 Å². The zero-order chi connectivity index (χ0) is 15.6. The van der Waals surface area contributed by atoms with Crippen molar-refractivity contribution in [2.24, 2.45) is 0 Å². The van der Waals surface area contributed by atoms with Crippen LogP contribution in [0.25, 0.3) is 0 Å². The summed E-state index contributed by atoms with van der Waals surface area (Å²) in [6.45, 7) is 6.56. The number of hydrogen-bond donors (Lipinski definition) is 1. The summed E-state index contributed by atoms with van der Waals surface area (Å²) >= 11 is 6.70. The maximum atomic E-state index is 12.1. The van der Waals surface area contributed by atoms with Gasteiger partial charge in [-0.1, -0.05) is 22.9 Å². The number of nitrogens with zero attached hydrogens (tertiary/aromatic N) is 3. The highest BCUT2D eigenvalue weighted by Crippen LogP contribution is 2.26. The van der Waals surface area contributed by atoms with Crippen LogP contribution in [-0.4, -0.2) is 29.7 Å². The molecule has 0 aromatic carbocycles. The largest absolute Gasteiger partial charge is 0.270 e. The first-order valence-corrected chi connectivity index (χ1v) is 9.11. The molecule has 0 aliphatic carbocycles. The highest BCUT2D eigenvalue weighted by Gasteiger charge is 2.20. The van der Waals surface area contributed by atoms with Gasteiger partial charge in [-0.25, -0.2) is 18.1 Å². The number of sulfonamides is 1. The minimum Gasteiger partial charge on any atom is -0.270 e. The van der Waals surface area contributed by atoms with Gasteiger partial charge in [-0.2, -0.15) is 5.10 Å². The van der Waals surface area contributed by atoms with Crippen molar-refractivity contribution in [3.63, 3.8) is 0 Å². The predicted octanol–water partition coefficient (Wildman–Crippen LogP) is 2.29. The fraction of sp³-hybridized carbons (Fsp3) is 0.500. The summed E-state index contributed by atoms with van der Waals surface area (Å²) in [5.41, 5.74) is 2.46. The number of nitrogens with one attached hydrogen (secondary N) is 1. The summed E-state index contributed by atoms with van der Waals surface area (Å²) < 4.78 is 29.1. The van der Waals surface area contributed by atoms with Crippen LogP contribution in [0.1, 0.15) is 23.5 Å². The van der Waals surface area contributed by atoms with Gasteiger partial charge < -0.3 is 0 Å². The number of aromatic nitrogens is 3. The summed E-state index contributed by atoms with van der Waals surface area (Å²) in [5.74, 6) is 0. The minimum atomic E-state index is -3.54. The molecular formula is C12H17ClN4O2S2. The minimum absolute atomic E-state index is 0.179. The first-order valence-electron chi connectivity index (χ1n) is 6.43. The van der Waals surface area contributed by atoms with E-state index in [2.05, 4.69) is 14.8 Å². The molecule has 2 rings (SSSR count). The van der Waals surface area contributed by atoms with Crippen molar-refractivity contribution < 1.29 is 8.42 Å². The van der Waals surface area contributed by atoms with Crippen LogP contribution < -0.4 is 4.72 Å². The van der Waals surface area contributed by atoms with Gasteiger partial charge in [0.05, 0.1) is 11.4 Å². The summed E-state index contributed by atoms with van der Waals surface area (Å²) in [6, 6.07) is 1.99. The molecule has 1 N–H and O–H groups in total. The van der Waals surface area contributed by atoms with Gasteiger partial charge in [0.25, 0.3) is 10.0 Å². The van der Waals surface area contributed by atoms with E-state index < -0.39 is 10.0 Å². The monoisotopic (exact) mass is 348 g/mol. The van der Waals surface area contributed by atoms with E-state index in [9.17, 15) is 8.42 Å². The maximum absolute atomic E-state index is 12.1. The SMILES string of the molecule is Cc1cc(C)n(CCCNS(=O)(=O)c2sc(Cl)nc2C)n1. The highest BCUT2D eigenvalue weighted by molar-refractivity contribution is 7.91. The molecule has 0 spiro atoms. The van der Waals surface area contributed by atoms with E-state index >= 15 is 0 Å². The Bertz CT molecular complexity index is 737. The average molecular weight is 349 g/mol. The van der Waals surface area contributed by atoms with E-state index in [4.69, 9.17) is 11.6 Å². The lowest BCUT2D eigenvalue weighted by Crippen LogP contribution is -2.25. The number of hydrogen-bond acceptors (Lipinski definition) is 5. The Morgan fingerprint density at radius 1 is 1.38 bits per heavy atom. The molecule has 2 heterocycles. The Kier molecular flexibility index (Phi) is 5.03. The highest BCUT2D eigenvalue weighted by atomic mass is 35.5. The Morgan fingerprint density at radius 2 is 2.10 bits per heavy atom. The third-order valence-electron chi connectivity index (χ3n) is 2.91. The molecule has 21 heavy (non-hydrogen) atoms. The molecule has 0 fully saturated rings. The second kappa shape index (κ2) is 6.43. The molecule has 0 saturated carbocycles. The molecule has 0 atom stereocenters. The first-order chi connectivity index (χ1) is 9.79. The van der Waals surface area contributed by atoms with E-state index in [0.717, 1.165) is 22.7 Å². The Labute approximate surface area is 133 Å². The van der Waals surface area contributed by atoms with Crippen LogP contribution in [0.2, 0.25) is 4.47 Å². The van der Waals surface area contributed by atoms with Gasteiger partial charge >= 0.3 is 0 Å². The molecule has 0 radical (unpaired) electrons. The van der Waals surface area contributed by atoms with E-state index in [1.54, 1.807) is 6.92 Å². The molecule has 9 heteroatoms. The second-order valence-corrected chi connectivity index (χ2v) is 8.28. The number of thiazole rings is 1. The van der Waals surface area contributed by atoms with Crippen LogP contribution >= 0.6 is 22.9 Å². The van der Waals surface area contributed by atoms with E-state index in [-0.39, 0.29) is 8.68 Å². The van der Waals surface area contributed by atoms with Crippen LogP contribution in [0.3, 0.4) is 0 Å². The van der Waals surface area contributed by atoms with E-state index in [1.807, 2.05) is 24.6 Å². The third-order valence-corrected chi connectivity index (χ3v) is 6.25. The van der Waals surface area contributed by atoms with Crippen molar-refractivity contribution in [2.75, 3.05) is 6.54 Å². The van der Waals surface area contributed by atoms with Gasteiger partial charge in [-0.15, -0.1) is 0 Å². The van der Waals surface area contributed by atoms with Crippen molar-refractivity contribution in [3.8, 4) is 0 Å². The average Bonchev–Trinajstić information content (AvgIpc) is 2.87. The van der Waals surface area contributed by atoms with Gasteiger partial charge in [0.15, 0.2) is 8.68 Å². The van der Waals surface area contributed by atoms with Crippen LogP contribution in [0.15, 0.2) is 10.3 Å². The Morgan fingerprint density at radius 3 is 2.62 bits per heavy atom. The number of rotatable bonds is 6. The number of halogens is 1. The molecule has 0 amide bonds. The van der Waals surface area contributed by atoms with Crippen LogP contribution in [-0.2, 0) is 16.6 Å². The van der Waals surface area contributed by atoms with Gasteiger partial charge in [0, 0.05) is 18.8 Å². The van der Waals surface area contributed by atoms with Crippen LogP contribution in [0.4, 0.5) is 0 Å². The lowest BCUT2D eigenvalue weighted by molar-refractivity contribution is 0.544. The molecule has 0 aliphatic rings. The first kappa shape index (κ1) is 16.4. The third kappa shape index (κ3) is 4.03. The van der Waals surface area contributed by atoms with Gasteiger partial charge in [-0.05, 0) is 33.3 Å². The van der Waals surface area contributed by atoms with Crippen molar-refractivity contribution in [3.05, 3.63) is 27.6 Å². The van der Waals surface area contributed by atoms with Crippen LogP contribution in [0.5, 0.6) is 0 Å². The molecule has 116 valence electrons. The number of aryl methyl sites for hydroxylation is 4. The summed E-state index contributed by atoms with van der Waals surface area (Å²) in [5, 5.41) is 4.33. The van der Waals surface area contributed by atoms with Gasteiger partial charge in [-0.3, -0.25) is 4.68 Å². The fourth-order valence-corrected chi connectivity index (χ4v) is 4.86. The Hall–Kier alpha value is -0.960. The van der Waals surface area contributed by atoms with Crippen molar-refractivity contribution >= 4 is 33.0 Å². The van der Waals surface area contributed by atoms with E-state index in [1.165, 1.54) is 0 Å². The van der Waals surface area contributed by atoms with Gasteiger partial charge in [0.1, 0.15) is 0 Å². The standard InChI is InChI=1S/C12H17ClN4O2S2/c1-8-7-9(2)17(16-8)6-4-5-14-21(18,19)11-10(3)15-12(13)20-11/h7,14H,4-6H2,1-3H3. The molecule has 6 nitrogen and oxygen atoms in total. The zero-order valence-electron chi connectivity index (χ0n) is 12.1. The van der Waals surface area contributed by atoms with E-state index in [0.29, 0.717) is 25.2 Å². The van der Waals surface area contributed by atoms with Crippen LogP contribution in [0, 0.1) is 20.8 Å². The lowest BCUT2D eigenvalue weighted by Gasteiger charge is -2.06. The maximum Gasteiger partial charge on any atom is 0.251 e. The topological polar surface area (TPSA) is 76.9 Å². The molecule has 0 aliphatic heterocycles. The fourth-order valence-electron chi connectivity index (χ4n) is 2.00. The van der Waals surface area contributed by atoms with Crippen molar-refractivity contribution in [1.82, 2.24) is 19.5 Å². The summed E-state index contributed by atoms with van der Waals surface area (Å²) in [7, 11) is -3.54. The zero-order valence-corrected chi connectivity index (χ0v) is 14.4.